The molecule has 0 aliphatic heterocycles. The van der Waals surface area contributed by atoms with Crippen molar-refractivity contribution in [3.63, 3.8) is 0 Å². The largest absolute Gasteiger partial charge is 0.349 e. The second kappa shape index (κ2) is 6.50. The summed E-state index contributed by atoms with van der Waals surface area (Å²) in [4.78, 5) is 11.9. The number of fused-ring (bicyclic) bond motifs is 1. The Morgan fingerprint density at radius 1 is 1.19 bits per heavy atom. The number of imidazole rings is 1. The summed E-state index contributed by atoms with van der Waals surface area (Å²) in [5, 5.41) is 4.68. The number of nitrogens with zero attached hydrogens (tertiary/aromatic N) is 2. The van der Waals surface area contributed by atoms with Gasteiger partial charge in [0, 0.05) is 36.4 Å². The number of pyridine rings is 1. The molecule has 0 bridgehead atoms. The van der Waals surface area contributed by atoms with Crippen LogP contribution in [0.4, 0.5) is 0 Å². The first-order chi connectivity index (χ1) is 10.3. The van der Waals surface area contributed by atoms with Crippen molar-refractivity contribution in [1.82, 2.24) is 20.3 Å². The van der Waals surface area contributed by atoms with Gasteiger partial charge in [-0.2, -0.15) is 0 Å². The van der Waals surface area contributed by atoms with Crippen LogP contribution in [0.2, 0.25) is 0 Å². The maximum atomic E-state index is 4.52. The zero-order valence-electron chi connectivity index (χ0n) is 12.3. The van der Waals surface area contributed by atoms with E-state index >= 15 is 0 Å². The van der Waals surface area contributed by atoms with Crippen LogP contribution < -0.4 is 5.32 Å². The lowest BCUT2D eigenvalue weighted by atomic mass is 10.1. The molecule has 2 aromatic heterocycles. The van der Waals surface area contributed by atoms with E-state index in [9.17, 15) is 0 Å². The minimum atomic E-state index is 0.891. The van der Waals surface area contributed by atoms with Crippen LogP contribution in [0.3, 0.4) is 0 Å². The molecule has 0 saturated heterocycles. The van der Waals surface area contributed by atoms with Crippen LogP contribution in [0.15, 0.2) is 42.7 Å². The second-order valence-electron chi connectivity index (χ2n) is 5.30. The van der Waals surface area contributed by atoms with Crippen LogP contribution in [-0.4, -0.2) is 21.5 Å². The summed E-state index contributed by atoms with van der Waals surface area (Å²) >= 11 is 0. The normalized spacial score (nSPS) is 11.1. The zero-order valence-corrected chi connectivity index (χ0v) is 12.3. The van der Waals surface area contributed by atoms with Crippen LogP contribution in [-0.2, 0) is 13.0 Å². The molecule has 0 radical (unpaired) electrons. The summed E-state index contributed by atoms with van der Waals surface area (Å²) in [6.45, 7) is 3.90. The van der Waals surface area contributed by atoms with Crippen molar-refractivity contribution < 1.29 is 0 Å². The summed E-state index contributed by atoms with van der Waals surface area (Å²) in [7, 11) is 0. The molecule has 4 nitrogen and oxygen atoms in total. The monoisotopic (exact) mass is 280 g/mol. The van der Waals surface area contributed by atoms with Crippen molar-refractivity contribution in [3.05, 3.63) is 59.8 Å². The number of hydrogen-bond acceptors (Lipinski definition) is 3. The number of aryl methyl sites for hydroxylation is 2. The lowest BCUT2D eigenvalue weighted by Crippen LogP contribution is -2.15. The minimum Gasteiger partial charge on any atom is -0.349 e. The van der Waals surface area contributed by atoms with Gasteiger partial charge in [-0.05, 0) is 43.7 Å². The molecule has 0 saturated carbocycles. The standard InChI is InChI=1S/C17H20N4/c1-13-4-6-15-11-14(5-7-16(15)21-13)12-18-8-2-3-17-19-9-10-20-17/h4-7,9-11,18H,2-3,8,12H2,1H3,(H,19,20). The first-order valence-corrected chi connectivity index (χ1v) is 7.36. The summed E-state index contributed by atoms with van der Waals surface area (Å²) < 4.78 is 0. The van der Waals surface area contributed by atoms with E-state index in [1.807, 2.05) is 13.1 Å². The van der Waals surface area contributed by atoms with E-state index in [0.29, 0.717) is 0 Å². The molecule has 2 heterocycles. The number of aromatic amines is 1. The van der Waals surface area contributed by atoms with E-state index in [4.69, 9.17) is 0 Å². The summed E-state index contributed by atoms with van der Waals surface area (Å²) in [6.07, 6.45) is 5.74. The van der Waals surface area contributed by atoms with Crippen molar-refractivity contribution in [2.45, 2.75) is 26.3 Å². The molecule has 4 heteroatoms. The van der Waals surface area contributed by atoms with Gasteiger partial charge in [0.15, 0.2) is 0 Å². The fourth-order valence-corrected chi connectivity index (χ4v) is 2.44. The van der Waals surface area contributed by atoms with Crippen LogP contribution >= 0.6 is 0 Å². The van der Waals surface area contributed by atoms with Gasteiger partial charge in [0.2, 0.25) is 0 Å². The number of benzene rings is 1. The summed E-state index contributed by atoms with van der Waals surface area (Å²) in [5.41, 5.74) is 3.43. The van der Waals surface area contributed by atoms with Gasteiger partial charge in [-0.1, -0.05) is 12.1 Å². The zero-order chi connectivity index (χ0) is 14.5. The van der Waals surface area contributed by atoms with E-state index in [-0.39, 0.29) is 0 Å². The number of rotatable bonds is 6. The van der Waals surface area contributed by atoms with Crippen molar-refractivity contribution >= 4 is 10.9 Å². The quantitative estimate of drug-likeness (QED) is 0.682. The van der Waals surface area contributed by atoms with Crippen molar-refractivity contribution in [2.24, 2.45) is 0 Å². The van der Waals surface area contributed by atoms with Gasteiger partial charge in [0.1, 0.15) is 5.82 Å². The molecule has 0 spiro atoms. The number of nitrogens with one attached hydrogen (secondary N) is 2. The lowest BCUT2D eigenvalue weighted by Gasteiger charge is -2.06. The Balaban J connectivity index is 1.50. The highest BCUT2D eigenvalue weighted by atomic mass is 14.9. The Kier molecular flexibility index (Phi) is 4.26. The lowest BCUT2D eigenvalue weighted by molar-refractivity contribution is 0.641. The topological polar surface area (TPSA) is 53.6 Å². The summed E-state index contributed by atoms with van der Waals surface area (Å²) in [5.74, 6) is 1.06. The molecule has 21 heavy (non-hydrogen) atoms. The second-order valence-corrected chi connectivity index (χ2v) is 5.30. The Morgan fingerprint density at radius 2 is 2.14 bits per heavy atom. The van der Waals surface area contributed by atoms with Gasteiger partial charge in [0.25, 0.3) is 0 Å². The molecule has 0 amide bonds. The highest BCUT2D eigenvalue weighted by Gasteiger charge is 1.99. The van der Waals surface area contributed by atoms with Gasteiger partial charge in [-0.25, -0.2) is 4.98 Å². The highest BCUT2D eigenvalue weighted by molar-refractivity contribution is 5.79. The smallest absolute Gasteiger partial charge is 0.106 e. The van der Waals surface area contributed by atoms with E-state index in [0.717, 1.165) is 43.0 Å². The number of aromatic nitrogens is 3. The Bertz CT molecular complexity index is 704. The van der Waals surface area contributed by atoms with Crippen LogP contribution in [0.5, 0.6) is 0 Å². The van der Waals surface area contributed by atoms with Crippen LogP contribution in [0.1, 0.15) is 23.5 Å². The molecule has 2 N–H and O–H groups in total. The molecule has 1 aromatic carbocycles. The highest BCUT2D eigenvalue weighted by Crippen LogP contribution is 2.14. The molecule has 0 aliphatic rings. The van der Waals surface area contributed by atoms with Gasteiger partial charge in [0.05, 0.1) is 5.52 Å². The van der Waals surface area contributed by atoms with Gasteiger partial charge < -0.3 is 10.3 Å². The molecule has 0 aliphatic carbocycles. The average Bonchev–Trinajstić information content (AvgIpc) is 3.00. The Hall–Kier alpha value is -2.20. The molecular formula is C17H20N4. The van der Waals surface area contributed by atoms with E-state index in [2.05, 4.69) is 50.6 Å². The molecule has 3 rings (SSSR count). The average molecular weight is 280 g/mol. The molecule has 108 valence electrons. The van der Waals surface area contributed by atoms with E-state index in [1.165, 1.54) is 10.9 Å². The maximum Gasteiger partial charge on any atom is 0.106 e. The third-order valence-electron chi connectivity index (χ3n) is 3.54. The van der Waals surface area contributed by atoms with Crippen LogP contribution in [0, 0.1) is 6.92 Å². The molecule has 0 fully saturated rings. The first-order valence-electron chi connectivity index (χ1n) is 7.36. The SMILES string of the molecule is Cc1ccc2cc(CNCCCc3ncc[nH]3)ccc2n1. The van der Waals surface area contributed by atoms with Gasteiger partial charge in [-0.3, -0.25) is 4.98 Å². The Labute approximate surface area is 124 Å². The third-order valence-corrected chi connectivity index (χ3v) is 3.54. The third kappa shape index (κ3) is 3.67. The molecular weight excluding hydrogens is 260 g/mol. The predicted octanol–water partition coefficient (Wildman–Crippen LogP) is 2.99. The van der Waals surface area contributed by atoms with Crippen molar-refractivity contribution in [2.75, 3.05) is 6.54 Å². The summed E-state index contributed by atoms with van der Waals surface area (Å²) in [6, 6.07) is 10.7. The molecule has 0 unspecified atom stereocenters. The van der Waals surface area contributed by atoms with Crippen LogP contribution in [0.25, 0.3) is 10.9 Å². The maximum absolute atomic E-state index is 4.52. The first kappa shape index (κ1) is 13.8. The van der Waals surface area contributed by atoms with Gasteiger partial charge >= 0.3 is 0 Å². The van der Waals surface area contributed by atoms with Crippen molar-refractivity contribution in [1.29, 1.82) is 0 Å². The number of hydrogen-bond donors (Lipinski definition) is 2. The van der Waals surface area contributed by atoms with Crippen molar-refractivity contribution in [3.8, 4) is 0 Å². The van der Waals surface area contributed by atoms with E-state index < -0.39 is 0 Å². The fourth-order valence-electron chi connectivity index (χ4n) is 2.44. The van der Waals surface area contributed by atoms with E-state index in [1.54, 1.807) is 6.20 Å². The predicted molar refractivity (Wildman–Crippen MR) is 85.1 cm³/mol. The Morgan fingerprint density at radius 3 is 3.00 bits per heavy atom. The van der Waals surface area contributed by atoms with Gasteiger partial charge in [-0.15, -0.1) is 0 Å². The molecule has 0 atom stereocenters. The fraction of sp³-hybridized carbons (Fsp3) is 0.294. The minimum absolute atomic E-state index is 0.891. The number of H-pyrrole nitrogens is 1. The molecule has 3 aromatic rings.